The molecule has 0 amide bonds. The maximum Gasteiger partial charge on any atom is 0.0542 e. The fourth-order valence-electron chi connectivity index (χ4n) is 1.54. The second kappa shape index (κ2) is 4.86. The van der Waals surface area contributed by atoms with Crippen LogP contribution < -0.4 is 5.32 Å². The molecule has 2 aromatic rings. The molecule has 0 aliphatic carbocycles. The van der Waals surface area contributed by atoms with Gasteiger partial charge in [-0.15, -0.1) is 0 Å². The van der Waals surface area contributed by atoms with Gasteiger partial charge in [0.1, 0.15) is 0 Å². The van der Waals surface area contributed by atoms with Gasteiger partial charge in [-0.25, -0.2) is 0 Å². The van der Waals surface area contributed by atoms with Crippen molar-refractivity contribution in [1.29, 1.82) is 0 Å². The first-order valence-corrected chi connectivity index (χ1v) is 6.23. The summed E-state index contributed by atoms with van der Waals surface area (Å²) in [5.74, 6) is 0. The number of anilines is 1. The summed E-state index contributed by atoms with van der Waals surface area (Å²) in [7, 11) is 1.93. The van der Waals surface area contributed by atoms with Gasteiger partial charge in [-0.05, 0) is 53.8 Å². The number of aryl methyl sites for hydroxylation is 1. The van der Waals surface area contributed by atoms with Crippen LogP contribution in [0.4, 0.5) is 5.69 Å². The molecule has 0 radical (unpaired) electrons. The van der Waals surface area contributed by atoms with Crippen LogP contribution in [0, 0.1) is 3.57 Å². The number of hydrogen-bond donors (Lipinski definition) is 1. The van der Waals surface area contributed by atoms with Crippen molar-refractivity contribution in [2.75, 3.05) is 5.32 Å². The van der Waals surface area contributed by atoms with Gasteiger partial charge >= 0.3 is 0 Å². The van der Waals surface area contributed by atoms with E-state index in [0.717, 1.165) is 5.69 Å². The van der Waals surface area contributed by atoms with Crippen molar-refractivity contribution < 1.29 is 0 Å². The van der Waals surface area contributed by atoms with E-state index in [4.69, 9.17) is 0 Å². The highest BCUT2D eigenvalue weighted by Crippen LogP contribution is 2.19. The normalized spacial score (nSPS) is 12.4. The highest BCUT2D eigenvalue weighted by molar-refractivity contribution is 14.1. The van der Waals surface area contributed by atoms with Crippen LogP contribution in [0.5, 0.6) is 0 Å². The molecule has 0 saturated heterocycles. The molecular weight excluding hydrogens is 313 g/mol. The van der Waals surface area contributed by atoms with Gasteiger partial charge in [0.05, 0.1) is 12.2 Å². The lowest BCUT2D eigenvalue weighted by Gasteiger charge is -2.13. The van der Waals surface area contributed by atoms with Crippen LogP contribution in [0.1, 0.15) is 18.5 Å². The number of nitrogens with zero attached hydrogens (tertiary/aromatic N) is 2. The molecule has 0 aliphatic rings. The smallest absolute Gasteiger partial charge is 0.0542 e. The lowest BCUT2D eigenvalue weighted by molar-refractivity contribution is 0.765. The van der Waals surface area contributed by atoms with Gasteiger partial charge in [-0.1, -0.05) is 0 Å². The molecule has 84 valence electrons. The lowest BCUT2D eigenvalue weighted by Crippen LogP contribution is -2.05. The summed E-state index contributed by atoms with van der Waals surface area (Å²) in [5.41, 5.74) is 2.33. The fraction of sp³-hybridized carbons (Fsp3) is 0.250. The molecule has 4 heteroatoms. The summed E-state index contributed by atoms with van der Waals surface area (Å²) >= 11 is 2.30. The second-order valence-electron chi connectivity index (χ2n) is 3.82. The van der Waals surface area contributed by atoms with Gasteiger partial charge < -0.3 is 5.32 Å². The average molecular weight is 327 g/mol. The van der Waals surface area contributed by atoms with Crippen LogP contribution in [0.25, 0.3) is 0 Å². The van der Waals surface area contributed by atoms with Crippen molar-refractivity contribution in [1.82, 2.24) is 9.78 Å². The SMILES string of the molecule is CC(Nc1ccc(I)cc1)c1cnn(C)c1. The van der Waals surface area contributed by atoms with E-state index >= 15 is 0 Å². The molecule has 1 aromatic heterocycles. The Bertz CT molecular complexity index is 461. The number of hydrogen-bond acceptors (Lipinski definition) is 2. The molecule has 1 unspecified atom stereocenters. The van der Waals surface area contributed by atoms with Crippen LogP contribution in [0.15, 0.2) is 36.7 Å². The number of benzene rings is 1. The van der Waals surface area contributed by atoms with E-state index in [1.807, 2.05) is 24.1 Å². The number of nitrogens with one attached hydrogen (secondary N) is 1. The first-order valence-electron chi connectivity index (χ1n) is 5.16. The van der Waals surface area contributed by atoms with Crippen LogP contribution in [-0.2, 0) is 7.05 Å². The highest BCUT2D eigenvalue weighted by Gasteiger charge is 2.06. The second-order valence-corrected chi connectivity index (χ2v) is 5.07. The molecule has 0 fully saturated rings. The standard InChI is InChI=1S/C12H14IN3/c1-9(10-7-14-16(2)8-10)15-12-5-3-11(13)4-6-12/h3-9,15H,1-2H3. The molecule has 2 rings (SSSR count). The van der Waals surface area contributed by atoms with E-state index < -0.39 is 0 Å². The van der Waals surface area contributed by atoms with Gasteiger partial charge in [-0.2, -0.15) is 5.10 Å². The Hall–Kier alpha value is -1.04. The molecule has 1 N–H and O–H groups in total. The first-order chi connectivity index (χ1) is 7.65. The third-order valence-electron chi connectivity index (χ3n) is 2.45. The Morgan fingerprint density at radius 1 is 1.31 bits per heavy atom. The quantitative estimate of drug-likeness (QED) is 0.878. The largest absolute Gasteiger partial charge is 0.378 e. The van der Waals surface area contributed by atoms with E-state index in [2.05, 4.69) is 64.2 Å². The van der Waals surface area contributed by atoms with E-state index in [0.29, 0.717) is 0 Å². The summed E-state index contributed by atoms with van der Waals surface area (Å²) in [5, 5.41) is 7.61. The summed E-state index contributed by atoms with van der Waals surface area (Å²) in [6.07, 6.45) is 3.93. The van der Waals surface area contributed by atoms with Crippen LogP contribution in [0.3, 0.4) is 0 Å². The molecule has 3 nitrogen and oxygen atoms in total. The Kier molecular flexibility index (Phi) is 3.48. The van der Waals surface area contributed by atoms with Crippen molar-refractivity contribution in [2.45, 2.75) is 13.0 Å². The zero-order valence-electron chi connectivity index (χ0n) is 9.31. The third kappa shape index (κ3) is 2.75. The van der Waals surface area contributed by atoms with Crippen molar-refractivity contribution in [3.8, 4) is 0 Å². The van der Waals surface area contributed by atoms with E-state index in [1.54, 1.807) is 0 Å². The van der Waals surface area contributed by atoms with Gasteiger partial charge in [0.15, 0.2) is 0 Å². The third-order valence-corrected chi connectivity index (χ3v) is 3.17. The summed E-state index contributed by atoms with van der Waals surface area (Å²) < 4.78 is 3.07. The Morgan fingerprint density at radius 3 is 2.56 bits per heavy atom. The number of aromatic nitrogens is 2. The first kappa shape index (κ1) is 11.4. The maximum absolute atomic E-state index is 4.17. The van der Waals surface area contributed by atoms with Crippen molar-refractivity contribution in [2.24, 2.45) is 7.05 Å². The molecule has 1 atom stereocenters. The molecule has 1 heterocycles. The molecule has 16 heavy (non-hydrogen) atoms. The maximum atomic E-state index is 4.17. The van der Waals surface area contributed by atoms with Crippen molar-refractivity contribution in [3.05, 3.63) is 45.8 Å². The average Bonchev–Trinajstić information content (AvgIpc) is 2.68. The van der Waals surface area contributed by atoms with Gasteiger partial charge in [0.2, 0.25) is 0 Å². The summed E-state index contributed by atoms with van der Waals surface area (Å²) in [6, 6.07) is 8.65. The van der Waals surface area contributed by atoms with E-state index in [-0.39, 0.29) is 6.04 Å². The zero-order valence-corrected chi connectivity index (χ0v) is 11.5. The minimum absolute atomic E-state index is 0.272. The predicted molar refractivity (Wildman–Crippen MR) is 74.4 cm³/mol. The van der Waals surface area contributed by atoms with Gasteiger partial charge in [0, 0.05) is 28.1 Å². The zero-order chi connectivity index (χ0) is 11.5. The lowest BCUT2D eigenvalue weighted by atomic mass is 10.2. The van der Waals surface area contributed by atoms with Crippen molar-refractivity contribution >= 4 is 28.3 Å². The number of halogens is 1. The summed E-state index contributed by atoms with van der Waals surface area (Å²) in [6.45, 7) is 2.13. The Balaban J connectivity index is 2.07. The molecular formula is C12H14IN3. The molecule has 0 bridgehead atoms. The van der Waals surface area contributed by atoms with Crippen molar-refractivity contribution in [3.63, 3.8) is 0 Å². The monoisotopic (exact) mass is 327 g/mol. The minimum Gasteiger partial charge on any atom is -0.378 e. The van der Waals surface area contributed by atoms with Crippen LogP contribution in [-0.4, -0.2) is 9.78 Å². The van der Waals surface area contributed by atoms with E-state index in [1.165, 1.54) is 9.13 Å². The van der Waals surface area contributed by atoms with Gasteiger partial charge in [0.25, 0.3) is 0 Å². The summed E-state index contributed by atoms with van der Waals surface area (Å²) in [4.78, 5) is 0. The predicted octanol–water partition coefficient (Wildman–Crippen LogP) is 3.20. The fourth-order valence-corrected chi connectivity index (χ4v) is 1.90. The Morgan fingerprint density at radius 2 is 2.00 bits per heavy atom. The number of rotatable bonds is 3. The Labute approximate surface area is 109 Å². The molecule has 0 spiro atoms. The molecule has 1 aromatic carbocycles. The molecule has 0 aliphatic heterocycles. The molecule has 0 saturated carbocycles. The van der Waals surface area contributed by atoms with Gasteiger partial charge in [-0.3, -0.25) is 4.68 Å². The van der Waals surface area contributed by atoms with E-state index in [9.17, 15) is 0 Å². The minimum atomic E-state index is 0.272. The van der Waals surface area contributed by atoms with Crippen LogP contribution >= 0.6 is 22.6 Å². The highest BCUT2D eigenvalue weighted by atomic mass is 127. The van der Waals surface area contributed by atoms with Crippen LogP contribution in [0.2, 0.25) is 0 Å². The topological polar surface area (TPSA) is 29.9 Å².